The van der Waals surface area contributed by atoms with Gasteiger partial charge in [-0.3, -0.25) is 9.59 Å². The van der Waals surface area contributed by atoms with Crippen molar-refractivity contribution in [2.75, 3.05) is 0 Å². The van der Waals surface area contributed by atoms with Crippen molar-refractivity contribution in [2.24, 2.45) is 5.41 Å². The Morgan fingerprint density at radius 3 is 2.68 bits per heavy atom. The zero-order valence-corrected chi connectivity index (χ0v) is 12.5. The van der Waals surface area contributed by atoms with Crippen LogP contribution in [-0.4, -0.2) is 17.9 Å². The van der Waals surface area contributed by atoms with Gasteiger partial charge >= 0.3 is 0 Å². The third-order valence-electron chi connectivity index (χ3n) is 2.86. The van der Waals surface area contributed by atoms with Crippen LogP contribution in [0.2, 0.25) is 0 Å². The minimum absolute atomic E-state index is 0.0840. The van der Waals surface area contributed by atoms with Crippen LogP contribution >= 0.6 is 0 Å². The van der Waals surface area contributed by atoms with Crippen LogP contribution in [0.5, 0.6) is 0 Å². The third-order valence-corrected chi connectivity index (χ3v) is 2.86. The molecule has 0 bridgehead atoms. The van der Waals surface area contributed by atoms with E-state index in [2.05, 4.69) is 31.4 Å². The normalized spacial score (nSPS) is 17.8. The van der Waals surface area contributed by atoms with Crippen LogP contribution in [-0.2, 0) is 9.59 Å². The van der Waals surface area contributed by atoms with Gasteiger partial charge in [-0.1, -0.05) is 32.9 Å². The van der Waals surface area contributed by atoms with Gasteiger partial charge in [0.2, 0.25) is 5.91 Å². The lowest BCUT2D eigenvalue weighted by atomic mass is 9.88. The van der Waals surface area contributed by atoms with Crippen LogP contribution in [0.4, 0.5) is 0 Å². The van der Waals surface area contributed by atoms with E-state index in [4.69, 9.17) is 0 Å². The Bertz CT molecular complexity index is 428. The number of carbonyl (C=O) groups excluding carboxylic acids is 2. The van der Waals surface area contributed by atoms with E-state index in [9.17, 15) is 9.59 Å². The highest BCUT2D eigenvalue weighted by molar-refractivity contribution is 5.98. The Morgan fingerprint density at radius 1 is 1.47 bits per heavy atom. The van der Waals surface area contributed by atoms with Gasteiger partial charge in [-0.2, -0.15) is 0 Å². The van der Waals surface area contributed by atoms with Gasteiger partial charge < -0.3 is 10.6 Å². The maximum absolute atomic E-state index is 12.2. The molecule has 4 nitrogen and oxygen atoms in total. The van der Waals surface area contributed by atoms with E-state index in [1.807, 2.05) is 6.92 Å². The summed E-state index contributed by atoms with van der Waals surface area (Å²) in [5, 5.41) is 5.69. The number of hydrogen-bond donors (Lipinski definition) is 2. The van der Waals surface area contributed by atoms with Gasteiger partial charge in [-0.25, -0.2) is 0 Å². The van der Waals surface area contributed by atoms with Crippen molar-refractivity contribution < 1.29 is 9.59 Å². The van der Waals surface area contributed by atoms with Crippen molar-refractivity contribution in [3.8, 4) is 0 Å². The van der Waals surface area contributed by atoms with E-state index in [1.54, 1.807) is 19.1 Å². The highest BCUT2D eigenvalue weighted by Crippen LogP contribution is 2.21. The average molecular weight is 264 g/mol. The van der Waals surface area contributed by atoms with Gasteiger partial charge in [0.15, 0.2) is 0 Å². The molecule has 0 saturated heterocycles. The van der Waals surface area contributed by atoms with Crippen LogP contribution in [0.1, 0.15) is 47.5 Å². The van der Waals surface area contributed by atoms with Gasteiger partial charge in [-0.15, -0.1) is 0 Å². The van der Waals surface area contributed by atoms with E-state index in [0.717, 1.165) is 6.42 Å². The summed E-state index contributed by atoms with van der Waals surface area (Å²) >= 11 is 0. The van der Waals surface area contributed by atoms with Crippen LogP contribution in [0, 0.1) is 5.41 Å². The summed E-state index contributed by atoms with van der Waals surface area (Å²) in [6.45, 7) is 10.2. The number of allylic oxidation sites excluding steroid dienone is 1. The quantitative estimate of drug-likeness (QED) is 0.821. The molecule has 0 spiro atoms. The Hall–Kier alpha value is -1.58. The molecular formula is C15H24N2O2. The van der Waals surface area contributed by atoms with Crippen molar-refractivity contribution in [1.29, 1.82) is 0 Å². The maximum atomic E-state index is 12.2. The molecule has 0 radical (unpaired) electrons. The lowest BCUT2D eigenvalue weighted by Gasteiger charge is -2.24. The van der Waals surface area contributed by atoms with Crippen molar-refractivity contribution >= 4 is 11.8 Å². The lowest BCUT2D eigenvalue weighted by molar-refractivity contribution is -0.119. The van der Waals surface area contributed by atoms with Crippen LogP contribution < -0.4 is 10.6 Å². The fraction of sp³-hybridized carbons (Fsp3) is 0.600. The van der Waals surface area contributed by atoms with Crippen molar-refractivity contribution in [1.82, 2.24) is 10.6 Å². The van der Waals surface area contributed by atoms with Gasteiger partial charge in [0.25, 0.3) is 5.91 Å². The molecule has 1 unspecified atom stereocenters. The van der Waals surface area contributed by atoms with E-state index >= 15 is 0 Å². The van der Waals surface area contributed by atoms with Gasteiger partial charge in [0, 0.05) is 18.2 Å². The first kappa shape index (κ1) is 15.5. The smallest absolute Gasteiger partial charge is 0.253 e. The van der Waals surface area contributed by atoms with Crippen LogP contribution in [0.3, 0.4) is 0 Å². The largest absolute Gasteiger partial charge is 0.350 e. The first-order valence-electron chi connectivity index (χ1n) is 6.67. The predicted molar refractivity (Wildman–Crippen MR) is 76.3 cm³/mol. The molecule has 0 aromatic rings. The van der Waals surface area contributed by atoms with Crippen LogP contribution in [0.15, 0.2) is 23.4 Å². The summed E-state index contributed by atoms with van der Waals surface area (Å²) in [7, 11) is 0. The van der Waals surface area contributed by atoms with Crippen molar-refractivity contribution in [3.63, 3.8) is 0 Å². The van der Waals surface area contributed by atoms with Crippen molar-refractivity contribution in [2.45, 2.75) is 53.5 Å². The SMILES string of the molecule is CC1=C(C(=O)NC(C)CC(C)(C)C)C=CCC(=O)N1. The molecule has 1 atom stereocenters. The molecule has 0 aromatic heterocycles. The summed E-state index contributed by atoms with van der Waals surface area (Å²) in [5.74, 6) is -0.216. The number of nitrogens with one attached hydrogen (secondary N) is 2. The van der Waals surface area contributed by atoms with E-state index in [-0.39, 0.29) is 23.3 Å². The molecule has 0 aliphatic carbocycles. The molecule has 4 heteroatoms. The average Bonchev–Trinajstić information content (AvgIpc) is 2.35. The summed E-state index contributed by atoms with van der Waals surface area (Å²) in [6, 6.07) is 0.0974. The highest BCUT2D eigenvalue weighted by Gasteiger charge is 2.20. The topological polar surface area (TPSA) is 58.2 Å². The summed E-state index contributed by atoms with van der Waals surface area (Å²) in [4.78, 5) is 23.5. The molecule has 0 aromatic carbocycles. The van der Waals surface area contributed by atoms with Crippen molar-refractivity contribution in [3.05, 3.63) is 23.4 Å². The molecule has 1 aliphatic heterocycles. The third kappa shape index (κ3) is 5.28. The Balaban J connectivity index is 2.72. The predicted octanol–water partition coefficient (Wildman–Crippen LogP) is 2.28. The van der Waals surface area contributed by atoms with E-state index in [0.29, 0.717) is 17.7 Å². The molecule has 2 N–H and O–H groups in total. The number of rotatable bonds is 3. The lowest BCUT2D eigenvalue weighted by Crippen LogP contribution is -2.36. The van der Waals surface area contributed by atoms with Gasteiger partial charge in [-0.05, 0) is 25.7 Å². The van der Waals surface area contributed by atoms with Gasteiger partial charge in [0.05, 0.1) is 5.57 Å². The second-order valence-corrected chi connectivity index (χ2v) is 6.33. The Morgan fingerprint density at radius 2 is 2.11 bits per heavy atom. The number of amides is 2. The summed E-state index contributed by atoms with van der Waals surface area (Å²) in [6.07, 6.45) is 4.65. The second kappa shape index (κ2) is 6.04. The standard InChI is InChI=1S/C15H24N2O2/c1-10(9-15(3,4)5)16-14(19)12-7-6-8-13(18)17-11(12)2/h6-7,10H,8-9H2,1-5H3,(H,16,19)(H,17,18). The van der Waals surface area contributed by atoms with E-state index < -0.39 is 0 Å². The fourth-order valence-electron chi connectivity index (χ4n) is 2.25. The summed E-state index contributed by atoms with van der Waals surface area (Å²) in [5.41, 5.74) is 1.31. The zero-order valence-electron chi connectivity index (χ0n) is 12.5. The Labute approximate surface area is 115 Å². The number of carbonyl (C=O) groups is 2. The molecule has 1 heterocycles. The van der Waals surface area contributed by atoms with Crippen LogP contribution in [0.25, 0.3) is 0 Å². The van der Waals surface area contributed by atoms with E-state index in [1.165, 1.54) is 0 Å². The molecular weight excluding hydrogens is 240 g/mol. The Kier molecular flexibility index (Phi) is 4.92. The minimum Gasteiger partial charge on any atom is -0.350 e. The molecule has 1 rings (SSSR count). The summed E-state index contributed by atoms with van der Waals surface area (Å²) < 4.78 is 0. The second-order valence-electron chi connectivity index (χ2n) is 6.33. The molecule has 19 heavy (non-hydrogen) atoms. The molecule has 1 aliphatic rings. The molecule has 0 saturated carbocycles. The highest BCUT2D eigenvalue weighted by atomic mass is 16.2. The van der Waals surface area contributed by atoms with Gasteiger partial charge in [0.1, 0.15) is 0 Å². The molecule has 2 amide bonds. The first-order valence-corrected chi connectivity index (χ1v) is 6.67. The first-order chi connectivity index (χ1) is 8.69. The molecule has 0 fully saturated rings. The maximum Gasteiger partial charge on any atom is 0.253 e. The molecule has 106 valence electrons. The zero-order chi connectivity index (χ0) is 14.6. The monoisotopic (exact) mass is 264 g/mol. The fourth-order valence-corrected chi connectivity index (χ4v) is 2.25. The number of hydrogen-bond acceptors (Lipinski definition) is 2. The minimum atomic E-state index is -0.132.